The van der Waals surface area contributed by atoms with Crippen LogP contribution >= 0.6 is 12.9 Å². The van der Waals surface area contributed by atoms with Crippen molar-refractivity contribution < 1.29 is 3.87 Å². The Labute approximate surface area is 62.6 Å². The van der Waals surface area contributed by atoms with Gasteiger partial charge in [0.15, 0.2) is 0 Å². The van der Waals surface area contributed by atoms with Gasteiger partial charge in [0.2, 0.25) is 9.76 Å². The minimum absolute atomic E-state index is 0.537. The summed E-state index contributed by atoms with van der Waals surface area (Å²) < 4.78 is 4.76. The van der Waals surface area contributed by atoms with Crippen molar-refractivity contribution >= 4 is 27.9 Å². The smallest absolute Gasteiger partial charge is 0.211 e. The maximum Gasteiger partial charge on any atom is 0.211 e. The number of thiol groups is 1. The van der Waals surface area contributed by atoms with E-state index in [4.69, 9.17) is 3.87 Å². The van der Waals surface area contributed by atoms with Crippen LogP contribution in [0.2, 0.25) is 0 Å². The summed E-state index contributed by atoms with van der Waals surface area (Å²) in [5.74, 6) is 0. The maximum atomic E-state index is 4.76. The Kier molecular flexibility index (Phi) is 2.83. The van der Waals surface area contributed by atoms with Crippen molar-refractivity contribution in [1.29, 1.82) is 0 Å². The van der Waals surface area contributed by atoms with Crippen molar-refractivity contribution in [3.63, 3.8) is 0 Å². The highest BCUT2D eigenvalue weighted by Crippen LogP contribution is 1.82. The van der Waals surface area contributed by atoms with Gasteiger partial charge >= 0.3 is 0 Å². The van der Waals surface area contributed by atoms with Crippen LogP contribution < -0.4 is 5.19 Å². The summed E-state index contributed by atoms with van der Waals surface area (Å²) in [6.07, 6.45) is 0. The predicted octanol–water partition coefficient (Wildman–Crippen LogP) is 0.257. The highest BCUT2D eigenvalue weighted by molar-refractivity contribution is 7.76. The second kappa shape index (κ2) is 3.71. The summed E-state index contributed by atoms with van der Waals surface area (Å²) in [6.45, 7) is 0. The second-order valence-electron chi connectivity index (χ2n) is 1.76. The summed E-state index contributed by atoms with van der Waals surface area (Å²) in [6, 6.07) is 10.1. The van der Waals surface area contributed by atoms with Gasteiger partial charge in [-0.25, -0.2) is 0 Å². The third-order valence-electron chi connectivity index (χ3n) is 1.07. The van der Waals surface area contributed by atoms with E-state index in [0.717, 1.165) is 0 Å². The van der Waals surface area contributed by atoms with Crippen LogP contribution in [0.3, 0.4) is 0 Å². The molecule has 0 unspecified atom stereocenters. The Morgan fingerprint density at radius 1 is 1.22 bits per heavy atom. The third kappa shape index (κ3) is 2.22. The van der Waals surface area contributed by atoms with E-state index in [-0.39, 0.29) is 0 Å². The quantitative estimate of drug-likeness (QED) is 0.367. The van der Waals surface area contributed by atoms with E-state index in [1.165, 1.54) is 5.19 Å². The zero-order valence-electron chi connectivity index (χ0n) is 4.95. The molecule has 1 nitrogen and oxygen atoms in total. The summed E-state index contributed by atoms with van der Waals surface area (Å²) in [5.41, 5.74) is 0. The zero-order valence-corrected chi connectivity index (χ0v) is 7.26. The molecule has 0 saturated heterocycles. The summed E-state index contributed by atoms with van der Waals surface area (Å²) in [4.78, 5) is 0. The number of rotatable bonds is 2. The van der Waals surface area contributed by atoms with Crippen LogP contribution in [0, 0.1) is 0 Å². The largest absolute Gasteiger partial charge is 0.362 e. The molecule has 0 aliphatic carbocycles. The molecule has 1 aromatic carbocycles. The van der Waals surface area contributed by atoms with Gasteiger partial charge in [-0.3, -0.25) is 0 Å². The fourth-order valence-electron chi connectivity index (χ4n) is 0.649. The highest BCUT2D eigenvalue weighted by atomic mass is 32.1. The van der Waals surface area contributed by atoms with E-state index in [1.54, 1.807) is 0 Å². The Morgan fingerprint density at radius 3 is 2.44 bits per heavy atom. The van der Waals surface area contributed by atoms with Crippen molar-refractivity contribution in [2.75, 3.05) is 0 Å². The van der Waals surface area contributed by atoms with Crippen LogP contribution in [-0.2, 0) is 3.87 Å². The van der Waals surface area contributed by atoms with Crippen molar-refractivity contribution in [3.05, 3.63) is 30.3 Å². The number of hydrogen-bond donors (Lipinski definition) is 1. The molecule has 0 radical (unpaired) electrons. The van der Waals surface area contributed by atoms with Crippen molar-refractivity contribution in [2.24, 2.45) is 0 Å². The zero-order chi connectivity index (χ0) is 6.53. The monoisotopic (exact) mass is 156 g/mol. The maximum absolute atomic E-state index is 4.76. The van der Waals surface area contributed by atoms with Gasteiger partial charge in [0, 0.05) is 0 Å². The Balaban J connectivity index is 2.61. The molecule has 3 heteroatoms. The molecule has 0 saturated carbocycles. The minimum atomic E-state index is -0.537. The van der Waals surface area contributed by atoms with E-state index in [0.29, 0.717) is 0 Å². The average molecular weight is 156 g/mol. The second-order valence-corrected chi connectivity index (χ2v) is 3.90. The van der Waals surface area contributed by atoms with Gasteiger partial charge in [0.25, 0.3) is 0 Å². The van der Waals surface area contributed by atoms with Crippen LogP contribution in [0.1, 0.15) is 0 Å². The molecule has 1 aromatic rings. The van der Waals surface area contributed by atoms with Gasteiger partial charge in [0.05, 0.1) is 0 Å². The molecule has 0 amide bonds. The predicted molar refractivity (Wildman–Crippen MR) is 44.7 cm³/mol. The van der Waals surface area contributed by atoms with E-state index in [2.05, 4.69) is 25.0 Å². The standard InChI is InChI=1S/C6H8OSSi/c8-7-9-6-4-2-1-3-5-6/h1-5,8H,9H2. The van der Waals surface area contributed by atoms with Crippen LogP contribution in [0.4, 0.5) is 0 Å². The normalized spacial score (nSPS) is 10.8. The van der Waals surface area contributed by atoms with E-state index in [9.17, 15) is 0 Å². The van der Waals surface area contributed by atoms with Gasteiger partial charge in [-0.05, 0) is 18.1 Å². The van der Waals surface area contributed by atoms with Gasteiger partial charge in [0.1, 0.15) is 0 Å². The molecule has 9 heavy (non-hydrogen) atoms. The number of hydrogen-bond acceptors (Lipinski definition) is 2. The molecular formula is C6H8OSSi. The Bertz CT molecular complexity index is 166. The summed E-state index contributed by atoms with van der Waals surface area (Å²) >= 11 is 3.69. The van der Waals surface area contributed by atoms with Gasteiger partial charge in [-0.2, -0.15) is 0 Å². The van der Waals surface area contributed by atoms with Crippen molar-refractivity contribution in [3.8, 4) is 0 Å². The first-order valence-electron chi connectivity index (χ1n) is 2.74. The first-order chi connectivity index (χ1) is 4.43. The van der Waals surface area contributed by atoms with E-state index < -0.39 is 9.76 Å². The lowest BCUT2D eigenvalue weighted by molar-refractivity contribution is 0.725. The molecule has 0 atom stereocenters. The molecular weight excluding hydrogens is 148 g/mol. The van der Waals surface area contributed by atoms with Crippen molar-refractivity contribution in [1.82, 2.24) is 0 Å². The lowest BCUT2D eigenvalue weighted by Crippen LogP contribution is -2.12. The van der Waals surface area contributed by atoms with Crippen LogP contribution in [-0.4, -0.2) is 9.76 Å². The highest BCUT2D eigenvalue weighted by Gasteiger charge is 1.87. The Morgan fingerprint density at radius 2 is 1.89 bits per heavy atom. The third-order valence-corrected chi connectivity index (χ3v) is 2.40. The topological polar surface area (TPSA) is 9.23 Å². The summed E-state index contributed by atoms with van der Waals surface area (Å²) in [7, 11) is -0.537. The van der Waals surface area contributed by atoms with Gasteiger partial charge in [-0.15, -0.1) is 0 Å². The molecule has 0 aliphatic rings. The van der Waals surface area contributed by atoms with Crippen LogP contribution in [0.15, 0.2) is 30.3 Å². The van der Waals surface area contributed by atoms with Gasteiger partial charge < -0.3 is 3.87 Å². The average Bonchev–Trinajstić information content (AvgIpc) is 1.91. The van der Waals surface area contributed by atoms with Crippen LogP contribution in [0.25, 0.3) is 0 Å². The molecule has 48 valence electrons. The molecule has 0 fully saturated rings. The molecule has 0 spiro atoms. The fourth-order valence-corrected chi connectivity index (χ4v) is 1.71. The molecule has 0 heterocycles. The van der Waals surface area contributed by atoms with Gasteiger partial charge in [-0.1, -0.05) is 30.3 Å². The van der Waals surface area contributed by atoms with Crippen molar-refractivity contribution in [2.45, 2.75) is 0 Å². The minimum Gasteiger partial charge on any atom is -0.362 e. The first-order valence-corrected chi connectivity index (χ1v) is 4.39. The lowest BCUT2D eigenvalue weighted by Gasteiger charge is -1.93. The fraction of sp³-hybridized carbons (Fsp3) is 0. The summed E-state index contributed by atoms with van der Waals surface area (Å²) in [5, 5.41) is 1.28. The molecule has 0 aliphatic heterocycles. The molecule has 0 aromatic heterocycles. The van der Waals surface area contributed by atoms with Crippen LogP contribution in [0.5, 0.6) is 0 Å². The SMILES string of the molecule is SO[SiH2]c1ccccc1. The van der Waals surface area contributed by atoms with E-state index >= 15 is 0 Å². The Hall–Kier alpha value is -0.253. The molecule has 0 bridgehead atoms. The number of benzene rings is 1. The van der Waals surface area contributed by atoms with E-state index in [1.807, 2.05) is 18.2 Å². The molecule has 1 rings (SSSR count). The molecule has 0 N–H and O–H groups in total. The first kappa shape index (κ1) is 6.86. The lowest BCUT2D eigenvalue weighted by atomic mass is 10.4.